The van der Waals surface area contributed by atoms with E-state index < -0.39 is 47.9 Å². The number of unbranched alkanes of at least 4 members (excludes halogenated alkanes) is 1. The lowest BCUT2D eigenvalue weighted by Crippen LogP contribution is -2.58. The number of amides is 3. The summed E-state index contributed by atoms with van der Waals surface area (Å²) in [6, 6.07) is -3.66. The molecule has 0 fully saturated rings. The molecule has 3 amide bonds. The molecule has 0 rings (SSSR count). The Morgan fingerprint density at radius 3 is 1.97 bits per heavy atom. The molecule has 5 atom stereocenters. The second-order valence-electron chi connectivity index (χ2n) is 8.06. The zero-order chi connectivity index (χ0) is 23.4. The van der Waals surface area contributed by atoms with Gasteiger partial charge in [-0.05, 0) is 44.6 Å². The molecule has 0 saturated carbocycles. The number of nitrogens with one attached hydrogen (secondary N) is 3. The van der Waals surface area contributed by atoms with Gasteiger partial charge >= 0.3 is 5.97 Å². The van der Waals surface area contributed by atoms with E-state index in [1.54, 1.807) is 13.8 Å². The van der Waals surface area contributed by atoms with Crippen LogP contribution in [-0.2, 0) is 19.2 Å². The SMILES string of the molecule is CCC(C)C(N)C(=O)NC(CCCCN)C(=O)NC(C(=O)NC(C)C(=O)O)C(C)C. The fraction of sp³-hybridized carbons (Fsp3) is 0.800. The summed E-state index contributed by atoms with van der Waals surface area (Å²) in [5, 5.41) is 16.7. The van der Waals surface area contributed by atoms with E-state index in [1.165, 1.54) is 6.92 Å². The fourth-order valence-corrected chi connectivity index (χ4v) is 2.70. The van der Waals surface area contributed by atoms with Crippen molar-refractivity contribution in [2.45, 2.75) is 84.5 Å². The third kappa shape index (κ3) is 9.53. The maximum absolute atomic E-state index is 12.9. The van der Waals surface area contributed by atoms with Crippen molar-refractivity contribution in [3.8, 4) is 0 Å². The van der Waals surface area contributed by atoms with Crippen molar-refractivity contribution >= 4 is 23.7 Å². The van der Waals surface area contributed by atoms with Crippen molar-refractivity contribution in [2.75, 3.05) is 6.54 Å². The molecule has 0 aliphatic rings. The first-order chi connectivity index (χ1) is 14.0. The molecule has 10 nitrogen and oxygen atoms in total. The molecule has 0 bridgehead atoms. The summed E-state index contributed by atoms with van der Waals surface area (Å²) in [7, 11) is 0. The minimum atomic E-state index is -1.18. The Balaban J connectivity index is 5.31. The predicted octanol–water partition coefficient (Wildman–Crippen LogP) is -0.296. The summed E-state index contributed by atoms with van der Waals surface area (Å²) in [6.07, 6.45) is 2.36. The molecule has 0 saturated heterocycles. The first-order valence-corrected chi connectivity index (χ1v) is 10.6. The molecule has 0 aliphatic heterocycles. The summed E-state index contributed by atoms with van der Waals surface area (Å²) in [6.45, 7) is 9.04. The second kappa shape index (κ2) is 13.9. The van der Waals surface area contributed by atoms with Gasteiger partial charge in [0.1, 0.15) is 18.1 Å². The van der Waals surface area contributed by atoms with Gasteiger partial charge in [-0.25, -0.2) is 0 Å². The van der Waals surface area contributed by atoms with Crippen LogP contribution in [0, 0.1) is 11.8 Å². The van der Waals surface area contributed by atoms with Crippen LogP contribution in [0.2, 0.25) is 0 Å². The van der Waals surface area contributed by atoms with Crippen LogP contribution in [0.5, 0.6) is 0 Å². The number of carbonyl (C=O) groups is 4. The number of rotatable bonds is 14. The lowest BCUT2D eigenvalue weighted by atomic mass is 9.98. The van der Waals surface area contributed by atoms with E-state index in [2.05, 4.69) is 16.0 Å². The van der Waals surface area contributed by atoms with Crippen molar-refractivity contribution in [1.82, 2.24) is 16.0 Å². The third-order valence-corrected chi connectivity index (χ3v) is 5.12. The van der Waals surface area contributed by atoms with Crippen molar-refractivity contribution < 1.29 is 24.3 Å². The molecule has 174 valence electrons. The number of carboxylic acid groups (broad SMARTS) is 1. The Morgan fingerprint density at radius 2 is 1.50 bits per heavy atom. The maximum atomic E-state index is 12.9. The Morgan fingerprint density at radius 1 is 0.900 bits per heavy atom. The van der Waals surface area contributed by atoms with E-state index in [0.29, 0.717) is 25.8 Å². The van der Waals surface area contributed by atoms with Gasteiger partial charge in [0, 0.05) is 0 Å². The molecule has 0 aromatic carbocycles. The normalized spacial score (nSPS) is 16.1. The molecule has 30 heavy (non-hydrogen) atoms. The lowest BCUT2D eigenvalue weighted by molar-refractivity contribution is -0.142. The van der Waals surface area contributed by atoms with Gasteiger partial charge in [-0.1, -0.05) is 34.1 Å². The van der Waals surface area contributed by atoms with Crippen molar-refractivity contribution in [2.24, 2.45) is 23.3 Å². The van der Waals surface area contributed by atoms with Crippen LogP contribution >= 0.6 is 0 Å². The zero-order valence-corrected chi connectivity index (χ0v) is 18.7. The average molecular weight is 430 g/mol. The van der Waals surface area contributed by atoms with E-state index in [4.69, 9.17) is 16.6 Å². The zero-order valence-electron chi connectivity index (χ0n) is 18.7. The van der Waals surface area contributed by atoms with Gasteiger partial charge in [0.25, 0.3) is 0 Å². The highest BCUT2D eigenvalue weighted by atomic mass is 16.4. The first-order valence-electron chi connectivity index (χ1n) is 10.6. The van der Waals surface area contributed by atoms with Crippen molar-refractivity contribution in [3.63, 3.8) is 0 Å². The van der Waals surface area contributed by atoms with E-state index >= 15 is 0 Å². The molecule has 10 heteroatoms. The van der Waals surface area contributed by atoms with E-state index in [0.717, 1.165) is 6.42 Å². The van der Waals surface area contributed by atoms with Gasteiger partial charge in [-0.2, -0.15) is 0 Å². The minimum absolute atomic E-state index is 0.0514. The highest BCUT2D eigenvalue weighted by Crippen LogP contribution is 2.09. The highest BCUT2D eigenvalue weighted by molar-refractivity contribution is 5.94. The number of aliphatic carboxylic acids is 1. The maximum Gasteiger partial charge on any atom is 0.325 e. The summed E-state index contributed by atoms with van der Waals surface area (Å²) < 4.78 is 0. The van der Waals surface area contributed by atoms with Gasteiger partial charge in [-0.3, -0.25) is 19.2 Å². The quantitative estimate of drug-likeness (QED) is 0.205. The Hall–Kier alpha value is -2.20. The smallest absolute Gasteiger partial charge is 0.325 e. The molecule has 5 unspecified atom stereocenters. The number of hydrogen-bond acceptors (Lipinski definition) is 6. The third-order valence-electron chi connectivity index (χ3n) is 5.12. The molecule has 0 heterocycles. The molecular weight excluding hydrogens is 390 g/mol. The molecule has 0 aliphatic carbocycles. The Bertz CT molecular complexity index is 584. The van der Waals surface area contributed by atoms with Gasteiger partial charge in [0.05, 0.1) is 6.04 Å². The van der Waals surface area contributed by atoms with Crippen molar-refractivity contribution in [1.29, 1.82) is 0 Å². The predicted molar refractivity (Wildman–Crippen MR) is 114 cm³/mol. The van der Waals surface area contributed by atoms with E-state index in [9.17, 15) is 19.2 Å². The highest BCUT2D eigenvalue weighted by Gasteiger charge is 2.31. The molecule has 0 aromatic heterocycles. The van der Waals surface area contributed by atoms with Crippen LogP contribution in [-0.4, -0.2) is 59.5 Å². The van der Waals surface area contributed by atoms with Crippen LogP contribution in [0.15, 0.2) is 0 Å². The Labute approximate surface area is 178 Å². The molecule has 0 spiro atoms. The average Bonchev–Trinajstić information content (AvgIpc) is 2.69. The van der Waals surface area contributed by atoms with Gasteiger partial charge in [0.15, 0.2) is 0 Å². The summed E-state index contributed by atoms with van der Waals surface area (Å²) in [4.78, 5) is 48.8. The summed E-state index contributed by atoms with van der Waals surface area (Å²) in [5.41, 5.74) is 11.5. The number of carboxylic acids is 1. The van der Waals surface area contributed by atoms with Gasteiger partial charge < -0.3 is 32.5 Å². The van der Waals surface area contributed by atoms with E-state index in [1.807, 2.05) is 13.8 Å². The molecule has 0 aromatic rings. The van der Waals surface area contributed by atoms with Crippen LogP contribution in [0.3, 0.4) is 0 Å². The van der Waals surface area contributed by atoms with Crippen LogP contribution in [0.1, 0.15) is 60.3 Å². The molecule has 8 N–H and O–H groups in total. The molecular formula is C20H39N5O5. The standard InChI is InChI=1S/C20H39N5O5/c1-6-12(4)15(22)18(27)24-14(9-7-8-10-21)17(26)25-16(11(2)3)19(28)23-13(5)20(29)30/h11-16H,6-10,21-22H2,1-5H3,(H,23,28)(H,24,27)(H,25,26)(H,29,30). The van der Waals surface area contributed by atoms with Gasteiger partial charge in [0.2, 0.25) is 17.7 Å². The summed E-state index contributed by atoms with van der Waals surface area (Å²) >= 11 is 0. The largest absolute Gasteiger partial charge is 0.480 e. The topological polar surface area (TPSA) is 177 Å². The van der Waals surface area contributed by atoms with E-state index in [-0.39, 0.29) is 11.8 Å². The number of carbonyl (C=O) groups excluding carboxylic acids is 3. The minimum Gasteiger partial charge on any atom is -0.480 e. The van der Waals surface area contributed by atoms with Crippen molar-refractivity contribution in [3.05, 3.63) is 0 Å². The Kier molecular flexibility index (Phi) is 12.9. The van der Waals surface area contributed by atoms with Crippen LogP contribution in [0.25, 0.3) is 0 Å². The monoisotopic (exact) mass is 429 g/mol. The van der Waals surface area contributed by atoms with Gasteiger partial charge in [-0.15, -0.1) is 0 Å². The van der Waals surface area contributed by atoms with Crippen LogP contribution < -0.4 is 27.4 Å². The number of hydrogen-bond donors (Lipinski definition) is 6. The fourth-order valence-electron chi connectivity index (χ4n) is 2.70. The second-order valence-corrected chi connectivity index (χ2v) is 8.06. The lowest BCUT2D eigenvalue weighted by Gasteiger charge is -2.27. The molecule has 0 radical (unpaired) electrons. The number of nitrogens with two attached hydrogens (primary N) is 2. The summed E-state index contributed by atoms with van der Waals surface area (Å²) in [5.74, 6) is -3.07. The first kappa shape index (κ1) is 27.8. The van der Waals surface area contributed by atoms with Crippen LogP contribution in [0.4, 0.5) is 0 Å².